The molecule has 106 valence electrons. The minimum Gasteiger partial charge on any atom is -0.351 e. The molecule has 6 nitrogen and oxygen atoms in total. The standard InChI is InChI=1S/C13H17N5OS/c1-4-6-15-12-16-9-8(3)7-20-10(9)11(17-12)18-13(19)14-5-2/h4,7H,1,5-6H2,2-3H3,(H3,14,15,16,17,18,19). The van der Waals surface area contributed by atoms with Gasteiger partial charge in [-0.3, -0.25) is 5.32 Å². The first kappa shape index (κ1) is 14.3. The summed E-state index contributed by atoms with van der Waals surface area (Å²) >= 11 is 1.52. The van der Waals surface area contributed by atoms with Gasteiger partial charge in [-0.15, -0.1) is 17.9 Å². The maximum Gasteiger partial charge on any atom is 0.320 e. The Bertz CT molecular complexity index is 637. The van der Waals surface area contributed by atoms with Gasteiger partial charge in [0.25, 0.3) is 0 Å². The minimum atomic E-state index is -0.270. The number of nitrogens with one attached hydrogen (secondary N) is 3. The molecule has 7 heteroatoms. The zero-order chi connectivity index (χ0) is 14.5. The molecule has 0 unspecified atom stereocenters. The summed E-state index contributed by atoms with van der Waals surface area (Å²) < 4.78 is 0.873. The molecule has 2 heterocycles. The molecular formula is C13H17N5OS. The van der Waals surface area contributed by atoms with Gasteiger partial charge >= 0.3 is 6.03 Å². The number of rotatable bonds is 5. The van der Waals surface area contributed by atoms with Crippen LogP contribution in [-0.4, -0.2) is 29.1 Å². The molecule has 2 rings (SSSR count). The van der Waals surface area contributed by atoms with E-state index < -0.39 is 0 Å². The van der Waals surface area contributed by atoms with Crippen molar-refractivity contribution in [3.05, 3.63) is 23.6 Å². The van der Waals surface area contributed by atoms with Gasteiger partial charge in [0.05, 0.1) is 10.2 Å². The van der Waals surface area contributed by atoms with Gasteiger partial charge in [-0.2, -0.15) is 4.98 Å². The monoisotopic (exact) mass is 291 g/mol. The third kappa shape index (κ3) is 3.05. The lowest BCUT2D eigenvalue weighted by Crippen LogP contribution is -2.28. The minimum absolute atomic E-state index is 0.270. The molecule has 0 aliphatic heterocycles. The summed E-state index contributed by atoms with van der Waals surface area (Å²) in [5.74, 6) is 0.997. The number of thiophene rings is 1. The lowest BCUT2D eigenvalue weighted by molar-refractivity contribution is 0.252. The van der Waals surface area contributed by atoms with E-state index in [2.05, 4.69) is 32.5 Å². The Morgan fingerprint density at radius 2 is 2.30 bits per heavy atom. The topological polar surface area (TPSA) is 78.9 Å². The molecule has 0 atom stereocenters. The van der Waals surface area contributed by atoms with Gasteiger partial charge < -0.3 is 10.6 Å². The first-order chi connectivity index (χ1) is 9.65. The van der Waals surface area contributed by atoms with Crippen LogP contribution in [0.4, 0.5) is 16.6 Å². The van der Waals surface area contributed by atoms with Crippen molar-refractivity contribution < 1.29 is 4.79 Å². The van der Waals surface area contributed by atoms with E-state index in [4.69, 9.17) is 0 Å². The van der Waals surface area contributed by atoms with Crippen molar-refractivity contribution in [2.45, 2.75) is 13.8 Å². The second kappa shape index (κ2) is 6.33. The summed E-state index contributed by atoms with van der Waals surface area (Å²) in [6, 6.07) is -0.270. The second-order valence-corrected chi connectivity index (χ2v) is 5.03. The smallest absolute Gasteiger partial charge is 0.320 e. The van der Waals surface area contributed by atoms with E-state index in [0.29, 0.717) is 24.9 Å². The number of aryl methyl sites for hydroxylation is 1. The molecule has 0 aliphatic rings. The molecule has 2 aromatic heterocycles. The van der Waals surface area contributed by atoms with E-state index in [1.54, 1.807) is 6.08 Å². The number of aromatic nitrogens is 2. The largest absolute Gasteiger partial charge is 0.351 e. The zero-order valence-corrected chi connectivity index (χ0v) is 12.3. The molecule has 0 aliphatic carbocycles. The fourth-order valence-corrected chi connectivity index (χ4v) is 2.60. The fraction of sp³-hybridized carbons (Fsp3) is 0.308. The van der Waals surface area contributed by atoms with Gasteiger partial charge in [-0.1, -0.05) is 6.08 Å². The highest BCUT2D eigenvalue weighted by Crippen LogP contribution is 2.30. The lowest BCUT2D eigenvalue weighted by Gasteiger charge is -2.09. The van der Waals surface area contributed by atoms with Crippen LogP contribution in [0.25, 0.3) is 10.2 Å². The molecule has 0 radical (unpaired) electrons. The van der Waals surface area contributed by atoms with Gasteiger partial charge in [0.15, 0.2) is 5.82 Å². The number of urea groups is 1. The van der Waals surface area contributed by atoms with Crippen LogP contribution in [0.15, 0.2) is 18.0 Å². The summed E-state index contributed by atoms with van der Waals surface area (Å²) in [6.07, 6.45) is 1.73. The Morgan fingerprint density at radius 1 is 1.50 bits per heavy atom. The fourth-order valence-electron chi connectivity index (χ4n) is 1.67. The highest BCUT2D eigenvalue weighted by molar-refractivity contribution is 7.18. The van der Waals surface area contributed by atoms with Crippen LogP contribution in [0, 0.1) is 6.92 Å². The molecule has 0 saturated heterocycles. The van der Waals surface area contributed by atoms with Crippen LogP contribution < -0.4 is 16.0 Å². The van der Waals surface area contributed by atoms with E-state index in [1.807, 2.05) is 19.2 Å². The number of fused-ring (bicyclic) bond motifs is 1. The number of anilines is 2. The SMILES string of the molecule is C=CCNc1nc(NC(=O)NCC)c2scc(C)c2n1. The average Bonchev–Trinajstić information content (AvgIpc) is 2.79. The number of nitrogens with zero attached hydrogens (tertiary/aromatic N) is 2. The second-order valence-electron chi connectivity index (χ2n) is 4.15. The number of carbonyl (C=O) groups excluding carboxylic acids is 1. The van der Waals surface area contributed by atoms with Crippen molar-refractivity contribution in [1.82, 2.24) is 15.3 Å². The molecule has 0 bridgehead atoms. The molecule has 0 saturated carbocycles. The van der Waals surface area contributed by atoms with Crippen LogP contribution in [0.2, 0.25) is 0 Å². The molecule has 20 heavy (non-hydrogen) atoms. The molecule has 3 N–H and O–H groups in total. The van der Waals surface area contributed by atoms with E-state index in [-0.39, 0.29) is 6.03 Å². The molecule has 0 spiro atoms. The van der Waals surface area contributed by atoms with Crippen molar-refractivity contribution >= 4 is 39.4 Å². The van der Waals surface area contributed by atoms with Crippen molar-refractivity contribution in [3.8, 4) is 0 Å². The Hall–Kier alpha value is -2.15. The summed E-state index contributed by atoms with van der Waals surface area (Å²) in [7, 11) is 0. The predicted octanol–water partition coefficient (Wildman–Crippen LogP) is 2.74. The van der Waals surface area contributed by atoms with Crippen molar-refractivity contribution in [1.29, 1.82) is 0 Å². The van der Waals surface area contributed by atoms with E-state index in [9.17, 15) is 4.79 Å². The van der Waals surface area contributed by atoms with Crippen molar-refractivity contribution in [2.24, 2.45) is 0 Å². The van der Waals surface area contributed by atoms with Gasteiger partial charge in [0, 0.05) is 13.1 Å². The normalized spacial score (nSPS) is 10.3. The number of hydrogen-bond acceptors (Lipinski definition) is 5. The van der Waals surface area contributed by atoms with Gasteiger partial charge in [0.1, 0.15) is 0 Å². The summed E-state index contributed by atoms with van der Waals surface area (Å²) in [5.41, 5.74) is 1.91. The molecule has 0 aromatic carbocycles. The maximum absolute atomic E-state index is 11.7. The molecule has 0 fully saturated rings. The predicted molar refractivity (Wildman–Crippen MR) is 83.5 cm³/mol. The maximum atomic E-state index is 11.7. The van der Waals surface area contributed by atoms with Crippen molar-refractivity contribution in [2.75, 3.05) is 23.7 Å². The van der Waals surface area contributed by atoms with E-state index in [1.165, 1.54) is 11.3 Å². The third-order valence-electron chi connectivity index (χ3n) is 2.57. The Balaban J connectivity index is 2.39. The Morgan fingerprint density at radius 3 is 3.00 bits per heavy atom. The quantitative estimate of drug-likeness (QED) is 0.740. The van der Waals surface area contributed by atoms with Crippen LogP contribution in [0.1, 0.15) is 12.5 Å². The van der Waals surface area contributed by atoms with Crippen LogP contribution in [0.5, 0.6) is 0 Å². The first-order valence-corrected chi connectivity index (χ1v) is 7.19. The number of amides is 2. The summed E-state index contributed by atoms with van der Waals surface area (Å²) in [4.78, 5) is 20.5. The van der Waals surface area contributed by atoms with Crippen molar-refractivity contribution in [3.63, 3.8) is 0 Å². The van der Waals surface area contributed by atoms with E-state index in [0.717, 1.165) is 15.8 Å². The van der Waals surface area contributed by atoms with Crippen LogP contribution >= 0.6 is 11.3 Å². The molecule has 2 amide bonds. The summed E-state index contributed by atoms with van der Waals surface area (Å²) in [6.45, 7) is 8.62. The number of carbonyl (C=O) groups is 1. The van der Waals surface area contributed by atoms with Gasteiger partial charge in [0.2, 0.25) is 5.95 Å². The first-order valence-electron chi connectivity index (χ1n) is 6.31. The van der Waals surface area contributed by atoms with Crippen LogP contribution in [-0.2, 0) is 0 Å². The Labute approximate surface area is 121 Å². The number of hydrogen-bond donors (Lipinski definition) is 3. The summed E-state index contributed by atoms with van der Waals surface area (Å²) in [5, 5.41) is 10.5. The average molecular weight is 291 g/mol. The zero-order valence-electron chi connectivity index (χ0n) is 11.5. The van der Waals surface area contributed by atoms with Crippen LogP contribution in [0.3, 0.4) is 0 Å². The van der Waals surface area contributed by atoms with Gasteiger partial charge in [-0.25, -0.2) is 9.78 Å². The third-order valence-corrected chi connectivity index (χ3v) is 3.66. The van der Waals surface area contributed by atoms with Gasteiger partial charge in [-0.05, 0) is 24.8 Å². The van der Waals surface area contributed by atoms with E-state index >= 15 is 0 Å². The highest BCUT2D eigenvalue weighted by Gasteiger charge is 2.13. The molecule has 2 aromatic rings. The Kier molecular flexibility index (Phi) is 4.52. The lowest BCUT2D eigenvalue weighted by atomic mass is 10.3. The highest BCUT2D eigenvalue weighted by atomic mass is 32.1. The molecular weight excluding hydrogens is 274 g/mol.